The summed E-state index contributed by atoms with van der Waals surface area (Å²) in [5.41, 5.74) is 0.359. The molecule has 1 aliphatic rings. The highest BCUT2D eigenvalue weighted by molar-refractivity contribution is 6.02. The van der Waals surface area contributed by atoms with Gasteiger partial charge in [0.2, 0.25) is 5.78 Å². The van der Waals surface area contributed by atoms with Gasteiger partial charge in [-0.05, 0) is 30.7 Å². The van der Waals surface area contributed by atoms with Crippen LogP contribution in [0.3, 0.4) is 0 Å². The van der Waals surface area contributed by atoms with Crippen LogP contribution in [-0.2, 0) is 10.2 Å². The van der Waals surface area contributed by atoms with Crippen molar-refractivity contribution >= 4 is 5.78 Å². The fraction of sp³-hybridized carbons (Fsp3) is 0.471. The van der Waals surface area contributed by atoms with E-state index < -0.39 is 10.8 Å². The fourth-order valence-electron chi connectivity index (χ4n) is 2.95. The predicted molar refractivity (Wildman–Crippen MR) is 81.1 cm³/mol. The van der Waals surface area contributed by atoms with Crippen molar-refractivity contribution in [3.8, 4) is 11.5 Å². The molecule has 0 bridgehead atoms. The van der Waals surface area contributed by atoms with Crippen LogP contribution < -0.4 is 9.47 Å². The number of Topliss-reactive ketones (excluding diaryl/α,β-unsaturated/α-hetero) is 1. The van der Waals surface area contributed by atoms with Crippen LogP contribution in [0.25, 0.3) is 0 Å². The zero-order valence-corrected chi connectivity index (χ0v) is 13.4. The lowest BCUT2D eigenvalue weighted by atomic mass is 9.64. The molecule has 0 amide bonds. The summed E-state index contributed by atoms with van der Waals surface area (Å²) in [6, 6.07) is 3.78. The Bertz CT molecular complexity index is 628. The van der Waals surface area contributed by atoms with Crippen molar-refractivity contribution in [2.45, 2.75) is 33.1 Å². The molecule has 4 nitrogen and oxygen atoms in total. The molecular formula is C17H22O4. The molecule has 1 aromatic rings. The van der Waals surface area contributed by atoms with Gasteiger partial charge >= 0.3 is 0 Å². The number of ether oxygens (including phenoxy) is 2. The van der Waals surface area contributed by atoms with E-state index >= 15 is 0 Å². The van der Waals surface area contributed by atoms with Gasteiger partial charge in [-0.3, -0.25) is 4.79 Å². The minimum atomic E-state index is -0.759. The average Bonchev–Trinajstić information content (AvgIpc) is 2.59. The summed E-state index contributed by atoms with van der Waals surface area (Å²) in [6.07, 6.45) is 1.61. The molecule has 0 saturated heterocycles. The van der Waals surface area contributed by atoms with E-state index in [0.717, 1.165) is 16.9 Å². The van der Waals surface area contributed by atoms with Crippen molar-refractivity contribution in [2.75, 3.05) is 14.2 Å². The highest BCUT2D eigenvalue weighted by Gasteiger charge is 2.53. The van der Waals surface area contributed by atoms with Gasteiger partial charge in [0.25, 0.3) is 0 Å². The largest absolute Gasteiger partial charge is 0.505 e. The molecule has 1 atom stereocenters. The second-order valence-electron chi connectivity index (χ2n) is 6.21. The van der Waals surface area contributed by atoms with Crippen molar-refractivity contribution in [3.63, 3.8) is 0 Å². The van der Waals surface area contributed by atoms with Crippen LogP contribution in [0.15, 0.2) is 24.0 Å². The summed E-state index contributed by atoms with van der Waals surface area (Å²) in [5, 5.41) is 9.91. The third kappa shape index (κ3) is 2.01. The van der Waals surface area contributed by atoms with Crippen molar-refractivity contribution in [1.82, 2.24) is 0 Å². The summed E-state index contributed by atoms with van der Waals surface area (Å²) in [5.74, 6) is 0.966. The number of aliphatic hydroxyl groups excluding tert-OH is 1. The van der Waals surface area contributed by atoms with Gasteiger partial charge in [0.05, 0.1) is 14.2 Å². The molecule has 0 fully saturated rings. The van der Waals surface area contributed by atoms with E-state index in [9.17, 15) is 9.90 Å². The number of carbonyl (C=O) groups excluding carboxylic acids is 1. The molecule has 0 spiro atoms. The monoisotopic (exact) mass is 290 g/mol. The first-order chi connectivity index (χ1) is 9.68. The molecule has 0 aliphatic heterocycles. The van der Waals surface area contributed by atoms with Crippen molar-refractivity contribution in [3.05, 3.63) is 35.1 Å². The second kappa shape index (κ2) is 4.79. The number of ketones is 1. The molecule has 1 aromatic carbocycles. The Morgan fingerprint density at radius 2 is 1.62 bits per heavy atom. The molecule has 4 heteroatoms. The molecule has 0 aromatic heterocycles. The number of carbonyl (C=O) groups is 1. The highest BCUT2D eigenvalue weighted by Crippen LogP contribution is 2.53. The standard InChI is InChI=1S/C17H22O4/c1-10-7-14(21-6)11(8-13(10)20-5)17(4)9-12(18)15(19)16(17,2)3/h7-9,18H,1-6H3/t17-/m1/s1. The molecule has 2 rings (SSSR count). The molecule has 0 radical (unpaired) electrons. The fourth-order valence-corrected chi connectivity index (χ4v) is 2.95. The molecular weight excluding hydrogens is 268 g/mol. The maximum Gasteiger partial charge on any atom is 0.203 e. The van der Waals surface area contributed by atoms with E-state index in [1.165, 1.54) is 0 Å². The number of benzene rings is 1. The van der Waals surface area contributed by atoms with Crippen molar-refractivity contribution in [1.29, 1.82) is 0 Å². The minimum absolute atomic E-state index is 0.191. The molecule has 114 valence electrons. The van der Waals surface area contributed by atoms with Crippen LogP contribution in [-0.4, -0.2) is 25.1 Å². The first-order valence-corrected chi connectivity index (χ1v) is 6.88. The number of methoxy groups -OCH3 is 2. The van der Waals surface area contributed by atoms with Gasteiger partial charge in [0.1, 0.15) is 11.5 Å². The summed E-state index contributed by atoms with van der Waals surface area (Å²) in [7, 11) is 3.21. The number of allylic oxidation sites excluding steroid dienone is 2. The van der Waals surface area contributed by atoms with E-state index in [1.807, 2.05) is 39.8 Å². The predicted octanol–water partition coefficient (Wildman–Crippen LogP) is 3.32. The van der Waals surface area contributed by atoms with Gasteiger partial charge < -0.3 is 14.6 Å². The summed E-state index contributed by atoms with van der Waals surface area (Å²) in [4.78, 5) is 12.2. The van der Waals surface area contributed by atoms with Crippen LogP contribution in [0.4, 0.5) is 0 Å². The SMILES string of the molecule is COc1cc([C@@]2(C)C=C(O)C(=O)C2(C)C)c(OC)cc1C. The lowest BCUT2D eigenvalue weighted by molar-refractivity contribution is -0.126. The van der Waals surface area contributed by atoms with Crippen LogP contribution in [0, 0.1) is 12.3 Å². The van der Waals surface area contributed by atoms with Crippen molar-refractivity contribution < 1.29 is 19.4 Å². The summed E-state index contributed by atoms with van der Waals surface area (Å²) < 4.78 is 10.9. The number of rotatable bonds is 3. The Morgan fingerprint density at radius 1 is 1.05 bits per heavy atom. The molecule has 1 N–H and O–H groups in total. The Balaban J connectivity index is 2.73. The lowest BCUT2D eigenvalue weighted by Crippen LogP contribution is -2.39. The molecule has 1 aliphatic carbocycles. The molecule has 0 saturated carbocycles. The Morgan fingerprint density at radius 3 is 2.05 bits per heavy atom. The zero-order valence-electron chi connectivity index (χ0n) is 13.4. The quantitative estimate of drug-likeness (QED) is 0.927. The maximum absolute atomic E-state index is 12.2. The highest BCUT2D eigenvalue weighted by atomic mass is 16.5. The zero-order chi connectivity index (χ0) is 16.0. The Hall–Kier alpha value is -1.97. The molecule has 0 unspecified atom stereocenters. The first kappa shape index (κ1) is 15.4. The third-order valence-corrected chi connectivity index (χ3v) is 4.80. The van der Waals surface area contributed by atoms with Crippen LogP contribution in [0.2, 0.25) is 0 Å². The van der Waals surface area contributed by atoms with Gasteiger partial charge in [-0.15, -0.1) is 0 Å². The van der Waals surface area contributed by atoms with E-state index in [0.29, 0.717) is 5.75 Å². The summed E-state index contributed by atoms with van der Waals surface area (Å²) in [6.45, 7) is 7.54. The van der Waals surface area contributed by atoms with E-state index in [2.05, 4.69) is 0 Å². The lowest BCUT2D eigenvalue weighted by Gasteiger charge is -2.37. The van der Waals surface area contributed by atoms with Crippen LogP contribution in [0.5, 0.6) is 11.5 Å². The van der Waals surface area contributed by atoms with E-state index in [-0.39, 0.29) is 11.5 Å². The van der Waals surface area contributed by atoms with Crippen molar-refractivity contribution in [2.24, 2.45) is 5.41 Å². The Kier molecular flexibility index (Phi) is 3.52. The minimum Gasteiger partial charge on any atom is -0.505 e. The number of hydrogen-bond donors (Lipinski definition) is 1. The van der Waals surface area contributed by atoms with Crippen LogP contribution in [0.1, 0.15) is 31.9 Å². The second-order valence-corrected chi connectivity index (χ2v) is 6.21. The number of aliphatic hydroxyl groups is 1. The van der Waals surface area contributed by atoms with Gasteiger partial charge in [0.15, 0.2) is 5.76 Å². The Labute approximate surface area is 125 Å². The van der Waals surface area contributed by atoms with Gasteiger partial charge in [-0.25, -0.2) is 0 Å². The van der Waals surface area contributed by atoms with Gasteiger partial charge in [-0.2, -0.15) is 0 Å². The van der Waals surface area contributed by atoms with Gasteiger partial charge in [0, 0.05) is 16.4 Å². The summed E-state index contributed by atoms with van der Waals surface area (Å²) >= 11 is 0. The number of aryl methyl sites for hydroxylation is 1. The molecule has 21 heavy (non-hydrogen) atoms. The molecule has 0 heterocycles. The number of hydrogen-bond acceptors (Lipinski definition) is 4. The first-order valence-electron chi connectivity index (χ1n) is 6.88. The van der Waals surface area contributed by atoms with E-state index in [1.54, 1.807) is 20.3 Å². The average molecular weight is 290 g/mol. The normalized spacial score (nSPS) is 23.9. The topological polar surface area (TPSA) is 55.8 Å². The smallest absolute Gasteiger partial charge is 0.203 e. The maximum atomic E-state index is 12.2. The van der Waals surface area contributed by atoms with Gasteiger partial charge in [-0.1, -0.05) is 20.8 Å². The van der Waals surface area contributed by atoms with Crippen LogP contribution >= 0.6 is 0 Å². The third-order valence-electron chi connectivity index (χ3n) is 4.80. The van der Waals surface area contributed by atoms with E-state index in [4.69, 9.17) is 9.47 Å².